The van der Waals surface area contributed by atoms with Crippen LogP contribution >= 0.6 is 12.2 Å². The maximum absolute atomic E-state index is 12.0. The average Bonchev–Trinajstić information content (AvgIpc) is 2.80. The third kappa shape index (κ3) is 3.57. The minimum Gasteiger partial charge on any atom is -0.465 e. The number of ether oxygens (including phenoxy) is 1. The number of aromatic nitrogens is 1. The van der Waals surface area contributed by atoms with E-state index in [0.29, 0.717) is 5.56 Å². The van der Waals surface area contributed by atoms with Crippen molar-refractivity contribution in [3.63, 3.8) is 0 Å². The summed E-state index contributed by atoms with van der Waals surface area (Å²) < 4.78 is 6.84. The van der Waals surface area contributed by atoms with E-state index in [2.05, 4.69) is 10.5 Å². The third-order valence-electron chi connectivity index (χ3n) is 3.40. The number of nitrogens with two attached hydrogens (primary N) is 1. The van der Waals surface area contributed by atoms with Gasteiger partial charge in [0.15, 0.2) is 5.11 Å². The van der Waals surface area contributed by atoms with Gasteiger partial charge in [-0.25, -0.2) is 4.79 Å². The van der Waals surface area contributed by atoms with Crippen LogP contribution in [-0.4, -0.2) is 29.0 Å². The van der Waals surface area contributed by atoms with Crippen LogP contribution in [0.3, 0.4) is 0 Å². The molecule has 0 aliphatic carbocycles. The number of hydrogen-bond acceptors (Lipinski definition) is 4. The summed E-state index contributed by atoms with van der Waals surface area (Å²) in [6.07, 6.45) is 1.64. The van der Waals surface area contributed by atoms with Crippen molar-refractivity contribution in [3.8, 4) is 5.69 Å². The van der Waals surface area contributed by atoms with Gasteiger partial charge in [0.25, 0.3) is 0 Å². The van der Waals surface area contributed by atoms with E-state index in [1.54, 1.807) is 18.3 Å². The Morgan fingerprint density at radius 3 is 2.74 bits per heavy atom. The third-order valence-corrected chi connectivity index (χ3v) is 3.49. The van der Waals surface area contributed by atoms with Crippen molar-refractivity contribution in [2.75, 3.05) is 7.11 Å². The number of carbonyl (C=O) groups is 1. The van der Waals surface area contributed by atoms with E-state index in [9.17, 15) is 4.79 Å². The Labute approximate surface area is 139 Å². The number of nitrogens with one attached hydrogen (secondary N) is 1. The summed E-state index contributed by atoms with van der Waals surface area (Å²) in [5, 5.41) is 4.08. The number of hydrazone groups is 1. The molecule has 0 bridgehead atoms. The highest BCUT2D eigenvalue weighted by Gasteiger charge is 2.16. The van der Waals surface area contributed by atoms with Gasteiger partial charge in [-0.2, -0.15) is 5.10 Å². The largest absolute Gasteiger partial charge is 0.465 e. The molecule has 0 fully saturated rings. The summed E-state index contributed by atoms with van der Waals surface area (Å²) in [4.78, 5) is 12.0. The van der Waals surface area contributed by atoms with Gasteiger partial charge >= 0.3 is 5.97 Å². The van der Waals surface area contributed by atoms with Gasteiger partial charge in [-0.15, -0.1) is 0 Å². The van der Waals surface area contributed by atoms with Crippen molar-refractivity contribution in [3.05, 3.63) is 52.8 Å². The maximum Gasteiger partial charge on any atom is 0.339 e. The highest BCUT2D eigenvalue weighted by atomic mass is 32.1. The SMILES string of the molecule is COC(=O)c1ccccc1-n1c(C)cc(/C=N\NC(N)=S)c1C. The number of benzene rings is 1. The molecule has 0 radical (unpaired) electrons. The van der Waals surface area contributed by atoms with Crippen molar-refractivity contribution >= 4 is 29.5 Å². The Hall–Kier alpha value is -2.67. The van der Waals surface area contributed by atoms with Crippen molar-refractivity contribution < 1.29 is 9.53 Å². The lowest BCUT2D eigenvalue weighted by Gasteiger charge is -2.13. The molecular weight excluding hydrogens is 312 g/mol. The van der Waals surface area contributed by atoms with Gasteiger partial charge in [0.2, 0.25) is 0 Å². The zero-order chi connectivity index (χ0) is 17.0. The second-order valence-electron chi connectivity index (χ2n) is 4.90. The van der Waals surface area contributed by atoms with Gasteiger partial charge in [-0.1, -0.05) is 12.1 Å². The van der Waals surface area contributed by atoms with Crippen LogP contribution in [0, 0.1) is 13.8 Å². The minimum atomic E-state index is -0.376. The van der Waals surface area contributed by atoms with E-state index in [1.165, 1.54) is 7.11 Å². The summed E-state index contributed by atoms with van der Waals surface area (Å²) in [6, 6.07) is 9.26. The molecule has 1 heterocycles. The Kier molecular flexibility index (Phi) is 5.13. The molecule has 0 aliphatic heterocycles. The first-order chi connectivity index (χ1) is 11.0. The van der Waals surface area contributed by atoms with Crippen LogP contribution in [0.15, 0.2) is 35.4 Å². The number of rotatable bonds is 4. The lowest BCUT2D eigenvalue weighted by atomic mass is 10.1. The second kappa shape index (κ2) is 7.06. The maximum atomic E-state index is 12.0. The Balaban J connectivity index is 2.50. The normalized spacial score (nSPS) is 10.7. The molecule has 0 aliphatic rings. The van der Waals surface area contributed by atoms with Crippen LogP contribution in [0.25, 0.3) is 5.69 Å². The molecule has 23 heavy (non-hydrogen) atoms. The summed E-state index contributed by atoms with van der Waals surface area (Å²) in [5.41, 5.74) is 11.9. The monoisotopic (exact) mass is 330 g/mol. The molecule has 1 aromatic heterocycles. The highest BCUT2D eigenvalue weighted by Crippen LogP contribution is 2.23. The Bertz CT molecular complexity index is 780. The average molecular weight is 330 g/mol. The van der Waals surface area contributed by atoms with Crippen LogP contribution in [0.4, 0.5) is 0 Å². The first-order valence-corrected chi connectivity index (χ1v) is 7.31. The molecular formula is C16H18N4O2S. The summed E-state index contributed by atoms with van der Waals surface area (Å²) >= 11 is 4.71. The molecule has 120 valence electrons. The van der Waals surface area contributed by atoms with Crippen LogP contribution in [-0.2, 0) is 4.74 Å². The Morgan fingerprint density at radius 1 is 1.39 bits per heavy atom. The van der Waals surface area contributed by atoms with E-state index in [4.69, 9.17) is 22.7 Å². The topological polar surface area (TPSA) is 81.6 Å². The van der Waals surface area contributed by atoms with Crippen LogP contribution in [0.1, 0.15) is 27.3 Å². The van der Waals surface area contributed by atoms with E-state index in [0.717, 1.165) is 22.6 Å². The van der Waals surface area contributed by atoms with Crippen molar-refractivity contribution in [1.82, 2.24) is 9.99 Å². The minimum absolute atomic E-state index is 0.103. The number of hydrogen-bond donors (Lipinski definition) is 2. The smallest absolute Gasteiger partial charge is 0.339 e. The number of esters is 1. The predicted octanol–water partition coefficient (Wildman–Crippen LogP) is 2.05. The molecule has 0 unspecified atom stereocenters. The lowest BCUT2D eigenvalue weighted by Crippen LogP contribution is -2.24. The number of methoxy groups -OCH3 is 1. The quantitative estimate of drug-likeness (QED) is 0.388. The molecule has 0 atom stereocenters. The molecule has 0 saturated carbocycles. The van der Waals surface area contributed by atoms with Crippen molar-refractivity contribution in [2.24, 2.45) is 10.8 Å². The Morgan fingerprint density at radius 2 is 2.09 bits per heavy atom. The first-order valence-electron chi connectivity index (χ1n) is 6.91. The van der Waals surface area contributed by atoms with Gasteiger partial charge in [0.05, 0.1) is 24.6 Å². The van der Waals surface area contributed by atoms with E-state index >= 15 is 0 Å². The molecule has 6 nitrogen and oxygen atoms in total. The van der Waals surface area contributed by atoms with Gasteiger partial charge in [-0.3, -0.25) is 5.43 Å². The molecule has 0 spiro atoms. The lowest BCUT2D eigenvalue weighted by molar-refractivity contribution is 0.0601. The van der Waals surface area contributed by atoms with Crippen LogP contribution in [0.2, 0.25) is 0 Å². The molecule has 2 aromatic rings. The van der Waals surface area contributed by atoms with E-state index in [-0.39, 0.29) is 11.1 Å². The molecule has 7 heteroatoms. The highest BCUT2D eigenvalue weighted by molar-refractivity contribution is 7.80. The summed E-state index contributed by atoms with van der Waals surface area (Å²) in [6.45, 7) is 3.91. The van der Waals surface area contributed by atoms with Gasteiger partial charge in [0.1, 0.15) is 0 Å². The van der Waals surface area contributed by atoms with Gasteiger partial charge in [-0.05, 0) is 44.3 Å². The van der Waals surface area contributed by atoms with Crippen LogP contribution < -0.4 is 11.2 Å². The van der Waals surface area contributed by atoms with Gasteiger partial charge < -0.3 is 15.0 Å². The number of thiocarbonyl (C=S) groups is 1. The van der Waals surface area contributed by atoms with E-state index in [1.807, 2.05) is 36.6 Å². The standard InChI is InChI=1S/C16H18N4O2S/c1-10-8-12(9-18-19-16(17)23)11(2)20(10)14-7-5-4-6-13(14)15(21)22-3/h4-9H,1-3H3,(H3,17,19,23)/b18-9-. The number of carbonyl (C=O) groups excluding carboxylic acids is 1. The van der Waals surface area contributed by atoms with Gasteiger partial charge in [0, 0.05) is 17.0 Å². The first kappa shape index (κ1) is 16.7. The van der Waals surface area contributed by atoms with E-state index < -0.39 is 0 Å². The number of nitrogens with zero attached hydrogens (tertiary/aromatic N) is 2. The molecule has 0 amide bonds. The van der Waals surface area contributed by atoms with Crippen molar-refractivity contribution in [2.45, 2.75) is 13.8 Å². The van der Waals surface area contributed by atoms with Crippen LogP contribution in [0.5, 0.6) is 0 Å². The fraction of sp³-hybridized carbons (Fsp3) is 0.188. The zero-order valence-electron chi connectivity index (χ0n) is 13.2. The fourth-order valence-corrected chi connectivity index (χ4v) is 2.46. The number of aryl methyl sites for hydroxylation is 1. The fourth-order valence-electron chi connectivity index (χ4n) is 2.41. The zero-order valence-corrected chi connectivity index (χ0v) is 14.0. The predicted molar refractivity (Wildman–Crippen MR) is 94.1 cm³/mol. The molecule has 3 N–H and O–H groups in total. The molecule has 1 aromatic carbocycles. The summed E-state index contributed by atoms with van der Waals surface area (Å²) in [7, 11) is 1.37. The summed E-state index contributed by atoms with van der Waals surface area (Å²) in [5.74, 6) is -0.376. The molecule has 0 saturated heterocycles. The second-order valence-corrected chi connectivity index (χ2v) is 5.34. The molecule has 2 rings (SSSR count). The van der Waals surface area contributed by atoms with Crippen molar-refractivity contribution in [1.29, 1.82) is 0 Å². The number of para-hydroxylation sites is 1.